The highest BCUT2D eigenvalue weighted by Crippen LogP contribution is 2.17. The smallest absolute Gasteiger partial charge is 0.319 e. The normalized spacial score (nSPS) is 10.5. The number of carbonyl (C=O) groups is 1. The Morgan fingerprint density at radius 3 is 2.74 bits per heavy atom. The molecule has 0 spiro atoms. The lowest BCUT2D eigenvalue weighted by Gasteiger charge is -2.12. The van der Waals surface area contributed by atoms with Gasteiger partial charge in [0.15, 0.2) is 0 Å². The summed E-state index contributed by atoms with van der Waals surface area (Å²) in [6, 6.07) is 7.44. The number of amides is 2. The number of benzene rings is 1. The molecule has 0 radical (unpaired) electrons. The number of nitrogens with zero attached hydrogens (tertiary/aromatic N) is 4. The molecule has 3 N–H and O–H groups in total. The van der Waals surface area contributed by atoms with Gasteiger partial charge in [0.05, 0.1) is 0 Å². The largest absolute Gasteiger partial charge is 0.368 e. The zero-order valence-corrected chi connectivity index (χ0v) is 15.7. The van der Waals surface area contributed by atoms with E-state index in [9.17, 15) is 4.79 Å². The number of rotatable bonds is 6. The second-order valence-corrected chi connectivity index (χ2v) is 6.16. The van der Waals surface area contributed by atoms with Crippen LogP contribution in [0.15, 0.2) is 43.0 Å². The third-order valence-electron chi connectivity index (χ3n) is 4.29. The van der Waals surface area contributed by atoms with Gasteiger partial charge in [-0.3, -0.25) is 4.57 Å². The Labute approximate surface area is 158 Å². The number of anilines is 2. The molecular weight excluding hydrogens is 342 g/mol. The van der Waals surface area contributed by atoms with Crippen LogP contribution in [0.25, 0.3) is 5.82 Å². The van der Waals surface area contributed by atoms with Gasteiger partial charge >= 0.3 is 6.03 Å². The van der Waals surface area contributed by atoms with E-state index in [0.29, 0.717) is 18.9 Å². The fourth-order valence-corrected chi connectivity index (χ4v) is 2.62. The summed E-state index contributed by atoms with van der Waals surface area (Å²) in [4.78, 5) is 24.7. The molecule has 0 aliphatic carbocycles. The first-order valence-corrected chi connectivity index (χ1v) is 8.72. The van der Waals surface area contributed by atoms with Crippen molar-refractivity contribution in [2.75, 3.05) is 23.7 Å². The van der Waals surface area contributed by atoms with Crippen LogP contribution in [0.2, 0.25) is 0 Å². The summed E-state index contributed by atoms with van der Waals surface area (Å²) in [6.07, 6.45) is 5.07. The molecule has 3 aromatic rings. The average molecular weight is 365 g/mol. The van der Waals surface area contributed by atoms with E-state index in [0.717, 1.165) is 28.5 Å². The van der Waals surface area contributed by atoms with Gasteiger partial charge in [-0.2, -0.15) is 0 Å². The highest BCUT2D eigenvalue weighted by atomic mass is 16.2. The molecule has 8 nitrogen and oxygen atoms in total. The van der Waals surface area contributed by atoms with Crippen LogP contribution in [0.5, 0.6) is 0 Å². The van der Waals surface area contributed by atoms with E-state index >= 15 is 0 Å². The van der Waals surface area contributed by atoms with Crippen LogP contribution in [0.1, 0.15) is 17.0 Å². The van der Waals surface area contributed by atoms with Crippen LogP contribution in [0, 0.1) is 20.8 Å². The maximum absolute atomic E-state index is 12.0. The summed E-state index contributed by atoms with van der Waals surface area (Å²) in [7, 11) is 0. The molecule has 0 aliphatic rings. The third kappa shape index (κ3) is 4.60. The molecule has 2 aromatic heterocycles. The van der Waals surface area contributed by atoms with E-state index in [1.54, 1.807) is 6.20 Å². The SMILES string of the molecule is Cc1cccc(NC(=O)NCCNc2cc(-n3ccnc3C)ncn2)c1C. The Morgan fingerprint density at radius 1 is 1.11 bits per heavy atom. The van der Waals surface area contributed by atoms with Crippen LogP contribution in [0.3, 0.4) is 0 Å². The standard InChI is InChI=1S/C19H23N7O/c1-13-5-4-6-16(14(13)2)25-19(27)22-8-7-21-17-11-18(24-12-23-17)26-10-9-20-15(26)3/h4-6,9-12H,7-8H2,1-3H3,(H,21,23,24)(H2,22,25,27). The molecule has 0 atom stereocenters. The monoisotopic (exact) mass is 365 g/mol. The van der Waals surface area contributed by atoms with Gasteiger partial charge in [0.2, 0.25) is 0 Å². The summed E-state index contributed by atoms with van der Waals surface area (Å²) in [6.45, 7) is 6.91. The number of hydrogen-bond acceptors (Lipinski definition) is 5. The number of aryl methyl sites for hydroxylation is 2. The van der Waals surface area contributed by atoms with Crippen LogP contribution >= 0.6 is 0 Å². The number of nitrogens with one attached hydrogen (secondary N) is 3. The Bertz CT molecular complexity index is 935. The average Bonchev–Trinajstić information content (AvgIpc) is 3.09. The first-order valence-electron chi connectivity index (χ1n) is 8.72. The van der Waals surface area contributed by atoms with Crippen molar-refractivity contribution in [3.8, 4) is 5.82 Å². The first kappa shape index (κ1) is 18.4. The number of imidazole rings is 1. The topological polar surface area (TPSA) is 96.8 Å². The second kappa shape index (κ2) is 8.31. The highest BCUT2D eigenvalue weighted by molar-refractivity contribution is 5.90. The Balaban J connectivity index is 1.48. The van der Waals surface area contributed by atoms with Gasteiger partial charge in [-0.1, -0.05) is 12.1 Å². The van der Waals surface area contributed by atoms with Gasteiger partial charge in [-0.05, 0) is 38.0 Å². The molecule has 0 saturated carbocycles. The molecule has 140 valence electrons. The van der Waals surface area contributed by atoms with E-state index in [1.165, 1.54) is 6.33 Å². The van der Waals surface area contributed by atoms with Gasteiger partial charge in [-0.15, -0.1) is 0 Å². The predicted octanol–water partition coefficient (Wildman–Crippen LogP) is 2.82. The molecule has 8 heteroatoms. The minimum absolute atomic E-state index is 0.233. The van der Waals surface area contributed by atoms with Crippen molar-refractivity contribution in [2.45, 2.75) is 20.8 Å². The van der Waals surface area contributed by atoms with E-state index < -0.39 is 0 Å². The van der Waals surface area contributed by atoms with Crippen molar-refractivity contribution < 1.29 is 4.79 Å². The zero-order chi connectivity index (χ0) is 19.2. The lowest BCUT2D eigenvalue weighted by molar-refractivity contribution is 0.252. The minimum Gasteiger partial charge on any atom is -0.368 e. The molecule has 0 saturated heterocycles. The number of hydrogen-bond donors (Lipinski definition) is 3. The van der Waals surface area contributed by atoms with E-state index in [4.69, 9.17) is 0 Å². The molecule has 2 heterocycles. The van der Waals surface area contributed by atoms with Crippen molar-refractivity contribution in [3.63, 3.8) is 0 Å². The molecule has 0 bridgehead atoms. The predicted molar refractivity (Wildman–Crippen MR) is 105 cm³/mol. The molecular formula is C19H23N7O. The van der Waals surface area contributed by atoms with E-state index in [-0.39, 0.29) is 6.03 Å². The summed E-state index contributed by atoms with van der Waals surface area (Å²) in [5, 5.41) is 8.88. The van der Waals surface area contributed by atoms with Crippen molar-refractivity contribution in [1.82, 2.24) is 24.8 Å². The lowest BCUT2D eigenvalue weighted by atomic mass is 10.1. The fraction of sp³-hybridized carbons (Fsp3) is 0.263. The molecule has 3 rings (SSSR count). The molecule has 0 aliphatic heterocycles. The second-order valence-electron chi connectivity index (χ2n) is 6.16. The quantitative estimate of drug-likeness (QED) is 0.584. The molecule has 27 heavy (non-hydrogen) atoms. The lowest BCUT2D eigenvalue weighted by Crippen LogP contribution is -2.33. The minimum atomic E-state index is -0.233. The van der Waals surface area contributed by atoms with Gasteiger partial charge in [0.1, 0.15) is 23.8 Å². The van der Waals surface area contributed by atoms with Gasteiger partial charge in [-0.25, -0.2) is 19.7 Å². The molecule has 2 amide bonds. The Hall–Kier alpha value is -3.42. The van der Waals surface area contributed by atoms with E-state index in [2.05, 4.69) is 30.9 Å². The fourth-order valence-electron chi connectivity index (χ4n) is 2.62. The number of carbonyl (C=O) groups excluding carboxylic acids is 1. The van der Waals surface area contributed by atoms with Crippen LogP contribution in [-0.2, 0) is 0 Å². The van der Waals surface area contributed by atoms with Crippen molar-refractivity contribution in [3.05, 3.63) is 59.9 Å². The van der Waals surface area contributed by atoms with Crippen molar-refractivity contribution in [1.29, 1.82) is 0 Å². The Kier molecular flexibility index (Phi) is 5.65. The molecule has 1 aromatic carbocycles. The number of urea groups is 1. The van der Waals surface area contributed by atoms with Gasteiger partial charge in [0, 0.05) is 37.2 Å². The summed E-state index contributed by atoms with van der Waals surface area (Å²) in [5.74, 6) is 2.28. The van der Waals surface area contributed by atoms with Crippen LogP contribution in [-0.4, -0.2) is 38.6 Å². The maximum atomic E-state index is 12.0. The summed E-state index contributed by atoms with van der Waals surface area (Å²) >= 11 is 0. The third-order valence-corrected chi connectivity index (χ3v) is 4.29. The molecule has 0 fully saturated rings. The number of aromatic nitrogens is 4. The maximum Gasteiger partial charge on any atom is 0.319 e. The van der Waals surface area contributed by atoms with E-state index in [1.807, 2.05) is 55.8 Å². The Morgan fingerprint density at radius 2 is 1.96 bits per heavy atom. The van der Waals surface area contributed by atoms with Crippen LogP contribution < -0.4 is 16.0 Å². The van der Waals surface area contributed by atoms with Crippen LogP contribution in [0.4, 0.5) is 16.3 Å². The van der Waals surface area contributed by atoms with Crippen molar-refractivity contribution in [2.24, 2.45) is 0 Å². The van der Waals surface area contributed by atoms with Crippen molar-refractivity contribution >= 4 is 17.5 Å². The first-order chi connectivity index (χ1) is 13.0. The van der Waals surface area contributed by atoms with Gasteiger partial charge in [0.25, 0.3) is 0 Å². The highest BCUT2D eigenvalue weighted by Gasteiger charge is 2.06. The van der Waals surface area contributed by atoms with Gasteiger partial charge < -0.3 is 16.0 Å². The molecule has 0 unspecified atom stereocenters. The summed E-state index contributed by atoms with van der Waals surface area (Å²) < 4.78 is 1.88. The zero-order valence-electron chi connectivity index (χ0n) is 15.7. The summed E-state index contributed by atoms with van der Waals surface area (Å²) in [5.41, 5.74) is 3.02.